The maximum absolute atomic E-state index is 12.8. The summed E-state index contributed by atoms with van der Waals surface area (Å²) in [4.78, 5) is 49.9. The third-order valence-corrected chi connectivity index (χ3v) is 5.09. The second-order valence-electron chi connectivity index (χ2n) is 6.81. The number of para-hydroxylation sites is 1. The summed E-state index contributed by atoms with van der Waals surface area (Å²) in [6.45, 7) is 1.45. The van der Waals surface area contributed by atoms with E-state index in [1.54, 1.807) is 30.3 Å². The predicted molar refractivity (Wildman–Crippen MR) is 94.2 cm³/mol. The van der Waals surface area contributed by atoms with Gasteiger partial charge in [0.25, 0.3) is 5.91 Å². The van der Waals surface area contributed by atoms with Crippen molar-refractivity contribution in [1.29, 1.82) is 0 Å². The van der Waals surface area contributed by atoms with Gasteiger partial charge in [-0.05, 0) is 30.9 Å². The SMILES string of the molecule is C[C@@H]1CCCC[C@@]12NC(=O)N(CC(=O)NC(=O)Nc1ccccc1)C2=O. The van der Waals surface area contributed by atoms with E-state index in [1.807, 2.05) is 6.92 Å². The molecule has 1 aromatic rings. The molecule has 1 saturated heterocycles. The largest absolute Gasteiger partial charge is 0.325 e. The van der Waals surface area contributed by atoms with E-state index in [1.165, 1.54) is 0 Å². The fourth-order valence-electron chi connectivity index (χ4n) is 3.63. The number of imide groups is 2. The summed E-state index contributed by atoms with van der Waals surface area (Å²) in [5, 5.41) is 7.42. The second-order valence-corrected chi connectivity index (χ2v) is 6.81. The van der Waals surface area contributed by atoms with Crippen molar-refractivity contribution >= 4 is 29.6 Å². The predicted octanol–water partition coefficient (Wildman–Crippen LogP) is 1.84. The molecule has 138 valence electrons. The van der Waals surface area contributed by atoms with Gasteiger partial charge >= 0.3 is 12.1 Å². The summed E-state index contributed by atoms with van der Waals surface area (Å²) in [6.07, 6.45) is 3.30. The van der Waals surface area contributed by atoms with Gasteiger partial charge in [0, 0.05) is 5.69 Å². The van der Waals surface area contributed by atoms with Crippen molar-refractivity contribution in [2.75, 3.05) is 11.9 Å². The number of carbonyl (C=O) groups excluding carboxylic acids is 4. The van der Waals surface area contributed by atoms with Gasteiger partial charge in [0.2, 0.25) is 5.91 Å². The van der Waals surface area contributed by atoms with Gasteiger partial charge in [-0.2, -0.15) is 0 Å². The number of rotatable bonds is 3. The fraction of sp³-hybridized carbons (Fsp3) is 0.444. The van der Waals surface area contributed by atoms with Crippen LogP contribution in [-0.2, 0) is 9.59 Å². The van der Waals surface area contributed by atoms with E-state index < -0.39 is 30.1 Å². The molecule has 6 amide bonds. The van der Waals surface area contributed by atoms with Crippen molar-refractivity contribution in [3.8, 4) is 0 Å². The van der Waals surface area contributed by atoms with E-state index in [0.717, 1.165) is 24.2 Å². The van der Waals surface area contributed by atoms with Crippen LogP contribution in [0.3, 0.4) is 0 Å². The zero-order chi connectivity index (χ0) is 18.7. The highest BCUT2D eigenvalue weighted by molar-refractivity contribution is 6.10. The van der Waals surface area contributed by atoms with E-state index in [2.05, 4.69) is 16.0 Å². The summed E-state index contributed by atoms with van der Waals surface area (Å²) in [5.41, 5.74) is -0.384. The minimum absolute atomic E-state index is 0.0159. The van der Waals surface area contributed by atoms with Crippen LogP contribution in [0.25, 0.3) is 0 Å². The Balaban J connectivity index is 1.59. The van der Waals surface area contributed by atoms with Crippen molar-refractivity contribution in [1.82, 2.24) is 15.5 Å². The molecule has 1 saturated carbocycles. The standard InChI is InChI=1S/C18H22N4O4/c1-12-7-5-6-10-18(12)15(24)22(17(26)21-18)11-14(23)20-16(25)19-13-8-3-2-4-9-13/h2-4,8-9,12H,5-7,10-11H2,1H3,(H,21,26)(H2,19,20,23,25)/t12-,18-/m1/s1. The molecule has 8 heteroatoms. The molecule has 0 unspecified atom stereocenters. The van der Waals surface area contributed by atoms with Gasteiger partial charge in [-0.1, -0.05) is 38.0 Å². The summed E-state index contributed by atoms with van der Waals surface area (Å²) in [5.74, 6) is -1.09. The molecule has 0 aromatic heterocycles. The number of carbonyl (C=O) groups is 4. The van der Waals surface area contributed by atoms with Crippen LogP contribution in [-0.4, -0.2) is 40.9 Å². The normalized spacial score (nSPS) is 25.1. The molecule has 1 aromatic carbocycles. The van der Waals surface area contributed by atoms with E-state index in [4.69, 9.17) is 0 Å². The Bertz CT molecular complexity index is 736. The van der Waals surface area contributed by atoms with Crippen LogP contribution >= 0.6 is 0 Å². The molecule has 0 bridgehead atoms. The van der Waals surface area contributed by atoms with Gasteiger partial charge < -0.3 is 10.6 Å². The molecule has 1 aliphatic heterocycles. The number of nitrogens with zero attached hydrogens (tertiary/aromatic N) is 1. The smallest absolute Gasteiger partial charge is 0.323 e. The highest BCUT2D eigenvalue weighted by Gasteiger charge is 2.55. The Kier molecular flexibility index (Phi) is 4.92. The lowest BCUT2D eigenvalue weighted by Gasteiger charge is -2.36. The van der Waals surface area contributed by atoms with Gasteiger partial charge in [0.05, 0.1) is 0 Å². The molecular weight excluding hydrogens is 336 g/mol. The minimum Gasteiger partial charge on any atom is -0.323 e. The van der Waals surface area contributed by atoms with Crippen LogP contribution in [0.2, 0.25) is 0 Å². The molecule has 3 rings (SSSR count). The maximum Gasteiger partial charge on any atom is 0.325 e. The molecule has 8 nitrogen and oxygen atoms in total. The maximum atomic E-state index is 12.8. The van der Waals surface area contributed by atoms with E-state index in [0.29, 0.717) is 12.1 Å². The van der Waals surface area contributed by atoms with Crippen LogP contribution in [0.4, 0.5) is 15.3 Å². The summed E-state index contributed by atoms with van der Waals surface area (Å²) >= 11 is 0. The highest BCUT2D eigenvalue weighted by Crippen LogP contribution is 2.38. The average molecular weight is 358 g/mol. The number of urea groups is 2. The minimum atomic E-state index is -0.915. The number of hydrogen-bond acceptors (Lipinski definition) is 4. The zero-order valence-corrected chi connectivity index (χ0v) is 14.6. The lowest BCUT2D eigenvalue weighted by Crippen LogP contribution is -2.54. The van der Waals surface area contributed by atoms with Crippen molar-refractivity contribution < 1.29 is 19.2 Å². The lowest BCUT2D eigenvalue weighted by molar-refractivity contribution is -0.137. The number of anilines is 1. The molecule has 26 heavy (non-hydrogen) atoms. The quantitative estimate of drug-likeness (QED) is 0.717. The fourth-order valence-corrected chi connectivity index (χ4v) is 3.63. The van der Waals surface area contributed by atoms with Crippen LogP contribution < -0.4 is 16.0 Å². The third kappa shape index (κ3) is 3.40. The number of nitrogens with one attached hydrogen (secondary N) is 3. The number of benzene rings is 1. The van der Waals surface area contributed by atoms with E-state index in [-0.39, 0.29) is 11.8 Å². The summed E-state index contributed by atoms with van der Waals surface area (Å²) in [6, 6.07) is 7.35. The second kappa shape index (κ2) is 7.15. The average Bonchev–Trinajstić information content (AvgIpc) is 2.83. The third-order valence-electron chi connectivity index (χ3n) is 5.09. The van der Waals surface area contributed by atoms with Gasteiger partial charge in [-0.25, -0.2) is 9.59 Å². The van der Waals surface area contributed by atoms with Crippen LogP contribution in [0, 0.1) is 5.92 Å². The molecule has 3 N–H and O–H groups in total. The van der Waals surface area contributed by atoms with Gasteiger partial charge in [0.1, 0.15) is 12.1 Å². The molecular formula is C18H22N4O4. The topological polar surface area (TPSA) is 108 Å². The first kappa shape index (κ1) is 17.9. The Labute approximate surface area is 151 Å². The van der Waals surface area contributed by atoms with Gasteiger partial charge in [0.15, 0.2) is 0 Å². The molecule has 1 aliphatic carbocycles. The number of hydrogen-bond donors (Lipinski definition) is 3. The first-order valence-electron chi connectivity index (χ1n) is 8.72. The van der Waals surface area contributed by atoms with Crippen molar-refractivity contribution in [3.05, 3.63) is 30.3 Å². The molecule has 1 spiro atoms. The lowest BCUT2D eigenvalue weighted by atomic mass is 9.73. The zero-order valence-electron chi connectivity index (χ0n) is 14.6. The van der Waals surface area contributed by atoms with Crippen LogP contribution in [0.1, 0.15) is 32.6 Å². The van der Waals surface area contributed by atoms with Gasteiger partial charge in [-0.3, -0.25) is 19.8 Å². The Morgan fingerprint density at radius 1 is 1.23 bits per heavy atom. The summed E-state index contributed by atoms with van der Waals surface area (Å²) < 4.78 is 0. The number of amides is 6. The molecule has 1 heterocycles. The Hall–Kier alpha value is -2.90. The van der Waals surface area contributed by atoms with Crippen molar-refractivity contribution in [2.45, 2.75) is 38.1 Å². The van der Waals surface area contributed by atoms with Crippen LogP contribution in [0.5, 0.6) is 0 Å². The first-order chi connectivity index (χ1) is 12.4. The molecule has 0 radical (unpaired) electrons. The molecule has 2 fully saturated rings. The Morgan fingerprint density at radius 2 is 1.96 bits per heavy atom. The van der Waals surface area contributed by atoms with Gasteiger partial charge in [-0.15, -0.1) is 0 Å². The molecule has 2 aliphatic rings. The molecule has 2 atom stereocenters. The van der Waals surface area contributed by atoms with Crippen molar-refractivity contribution in [2.24, 2.45) is 5.92 Å². The monoisotopic (exact) mass is 358 g/mol. The highest BCUT2D eigenvalue weighted by atomic mass is 16.2. The summed E-state index contributed by atoms with van der Waals surface area (Å²) in [7, 11) is 0. The van der Waals surface area contributed by atoms with E-state index in [9.17, 15) is 19.2 Å². The van der Waals surface area contributed by atoms with E-state index >= 15 is 0 Å². The first-order valence-corrected chi connectivity index (χ1v) is 8.72. The van der Waals surface area contributed by atoms with Crippen molar-refractivity contribution in [3.63, 3.8) is 0 Å². The van der Waals surface area contributed by atoms with Crippen LogP contribution in [0.15, 0.2) is 30.3 Å². The Morgan fingerprint density at radius 3 is 2.65 bits per heavy atom.